The number of amides is 1. The largest absolute Gasteiger partial charge is 0.507 e. The molecule has 1 amide bonds. The molecule has 23 heteroatoms. The van der Waals surface area contributed by atoms with Gasteiger partial charge in [0.1, 0.15) is 40.4 Å². The second kappa shape index (κ2) is 23.6. The molecule has 6 heterocycles. The van der Waals surface area contributed by atoms with E-state index in [0.717, 1.165) is 18.9 Å². The number of aromatic nitrogens is 1. The number of allylic oxidation sites excluding steroid dienone is 4. The molecule has 3 fully saturated rings. The number of rotatable bonds is 9. The van der Waals surface area contributed by atoms with Crippen LogP contribution in [0, 0.1) is 36.4 Å². The van der Waals surface area contributed by atoms with E-state index in [1.807, 2.05) is 4.90 Å². The molecular formula is C59H72ClFN6O15. The minimum absolute atomic E-state index is 0.0236. The summed E-state index contributed by atoms with van der Waals surface area (Å²) in [5.41, 5.74) is 3.95. The number of ketones is 3. The number of pyridine rings is 1. The number of likely N-dealkylation sites (tertiary alicyclic amines) is 1. The Morgan fingerprint density at radius 3 is 2.28 bits per heavy atom. The molecule has 1 unspecified atom stereocenters. The first-order chi connectivity index (χ1) is 38.8. The molecule has 21 nitrogen and oxygen atoms in total. The molecule has 2 aliphatic carbocycles. The van der Waals surface area contributed by atoms with E-state index in [0.29, 0.717) is 44.4 Å². The molecule has 10 atom stereocenters. The van der Waals surface area contributed by atoms with Gasteiger partial charge in [0, 0.05) is 94.3 Å². The van der Waals surface area contributed by atoms with Gasteiger partial charge in [-0.3, -0.25) is 28.8 Å². The predicted molar refractivity (Wildman–Crippen MR) is 299 cm³/mol. The number of carbonyl (C=O) groups is 6. The number of nitrogens with two attached hydrogens (primary N) is 1. The number of methoxy groups -OCH3 is 1. The Morgan fingerprint density at radius 2 is 1.63 bits per heavy atom. The van der Waals surface area contributed by atoms with Crippen molar-refractivity contribution >= 4 is 63.4 Å². The van der Waals surface area contributed by atoms with Crippen LogP contribution in [0.4, 0.5) is 10.1 Å². The molecule has 5 aliphatic heterocycles. The van der Waals surface area contributed by atoms with Gasteiger partial charge in [-0.25, -0.2) is 9.18 Å². The number of piperidine rings is 1. The summed E-state index contributed by atoms with van der Waals surface area (Å²) in [6, 6.07) is -0.301. The van der Waals surface area contributed by atoms with Crippen molar-refractivity contribution in [2.75, 3.05) is 51.3 Å². The van der Waals surface area contributed by atoms with Gasteiger partial charge in [0.15, 0.2) is 0 Å². The SMILES string of the molecule is CO[C@H]1CCO[C@@]2(C)Oc3c(C)c(O)c4c(c3C2=O)C(=O)C(N2CCC(NCC3CCN(c5c(F)cc6c(=O)c(C(=O)O)cn(C7CC7)c6c5Cl)C3)CC2)=C(NC(=O)/C(C)=C\C=C\[C@H](C)[C@H](O)[C@@H](N)[C@@H](O)[C@@H](C)[C@H](OC(C)=O)[C@@H]1C)C4=O. The normalized spacial score (nSPS) is 29.9. The monoisotopic (exact) mass is 1160 g/mol. The van der Waals surface area contributed by atoms with Gasteiger partial charge >= 0.3 is 11.9 Å². The molecule has 3 aromatic rings. The van der Waals surface area contributed by atoms with E-state index in [-0.39, 0.29) is 88.4 Å². The van der Waals surface area contributed by atoms with E-state index in [9.17, 15) is 44.4 Å². The molecule has 0 radical (unpaired) electrons. The fourth-order valence-electron chi connectivity index (χ4n) is 12.4. The number of aliphatic hydroxyl groups excluding tert-OH is 2. The number of nitrogens with zero attached hydrogens (tertiary/aromatic N) is 3. The molecular weight excluding hydrogens is 1090 g/mol. The van der Waals surface area contributed by atoms with Crippen molar-refractivity contribution in [1.82, 2.24) is 20.1 Å². The first-order valence-corrected chi connectivity index (χ1v) is 28.3. The number of fused-ring (bicyclic) bond motifs is 16. The highest BCUT2D eigenvalue weighted by atomic mass is 35.5. The van der Waals surface area contributed by atoms with Gasteiger partial charge in [0.2, 0.25) is 22.8 Å². The third kappa shape index (κ3) is 11.1. The highest BCUT2D eigenvalue weighted by Gasteiger charge is 2.53. The highest BCUT2D eigenvalue weighted by Crippen LogP contribution is 2.50. The molecule has 10 rings (SSSR count). The first kappa shape index (κ1) is 60.1. The number of carboxylic acids is 1. The lowest BCUT2D eigenvalue weighted by Gasteiger charge is -2.38. The number of phenols is 1. The molecule has 2 aromatic carbocycles. The molecule has 8 N–H and O–H groups in total. The Morgan fingerprint density at radius 1 is 0.951 bits per heavy atom. The van der Waals surface area contributed by atoms with Gasteiger partial charge in [-0.05, 0) is 70.9 Å². The molecule has 5 bridgehead atoms. The zero-order valence-electron chi connectivity index (χ0n) is 47.2. The van der Waals surface area contributed by atoms with Crippen LogP contribution in [0.15, 0.2) is 52.3 Å². The maximum Gasteiger partial charge on any atom is 0.341 e. The van der Waals surface area contributed by atoms with Crippen molar-refractivity contribution in [2.24, 2.45) is 29.4 Å². The second-order valence-electron chi connectivity index (χ2n) is 23.0. The van der Waals surface area contributed by atoms with Gasteiger partial charge in [0.25, 0.3) is 11.7 Å². The van der Waals surface area contributed by atoms with Crippen LogP contribution in [0.2, 0.25) is 5.02 Å². The molecule has 1 saturated carbocycles. The summed E-state index contributed by atoms with van der Waals surface area (Å²) in [6.45, 7) is 12.2. The third-order valence-electron chi connectivity index (χ3n) is 17.4. The van der Waals surface area contributed by atoms with Crippen LogP contribution in [0.5, 0.6) is 11.5 Å². The smallest absolute Gasteiger partial charge is 0.341 e. The van der Waals surface area contributed by atoms with Crippen molar-refractivity contribution < 1.29 is 72.5 Å². The lowest BCUT2D eigenvalue weighted by molar-refractivity contribution is -0.163. The fourth-order valence-corrected chi connectivity index (χ4v) is 12.8. The number of halogens is 2. The van der Waals surface area contributed by atoms with Crippen LogP contribution < -0.4 is 31.4 Å². The summed E-state index contributed by atoms with van der Waals surface area (Å²) >= 11 is 6.95. The number of Topliss-reactive ketones (excluding diaryl/α,β-unsaturated/α-hetero) is 3. The zero-order chi connectivity index (χ0) is 59.5. The number of hydrogen-bond acceptors (Lipinski definition) is 18. The predicted octanol–water partition coefficient (Wildman–Crippen LogP) is 5.25. The van der Waals surface area contributed by atoms with E-state index in [1.54, 1.807) is 36.3 Å². The van der Waals surface area contributed by atoms with Gasteiger partial charge < -0.3 is 70.1 Å². The number of esters is 1. The minimum atomic E-state index is -2.08. The summed E-state index contributed by atoms with van der Waals surface area (Å²) in [6.07, 6.45) is 4.62. The summed E-state index contributed by atoms with van der Waals surface area (Å²) in [7, 11) is 1.44. The van der Waals surface area contributed by atoms with Gasteiger partial charge in [0.05, 0.1) is 69.3 Å². The van der Waals surface area contributed by atoms with Crippen LogP contribution >= 0.6 is 11.6 Å². The van der Waals surface area contributed by atoms with Crippen LogP contribution in [0.25, 0.3) is 10.9 Å². The van der Waals surface area contributed by atoms with Crippen LogP contribution in [0.3, 0.4) is 0 Å². The summed E-state index contributed by atoms with van der Waals surface area (Å²) in [4.78, 5) is 100. The number of anilines is 1. The Hall–Kier alpha value is -6.53. The second-order valence-corrected chi connectivity index (χ2v) is 23.4. The number of benzene rings is 2. The molecule has 0 spiro atoms. The molecule has 1 aromatic heterocycles. The van der Waals surface area contributed by atoms with Crippen molar-refractivity contribution in [1.29, 1.82) is 0 Å². The Balaban J connectivity index is 0.980. The quantitative estimate of drug-likeness (QED) is 0.135. The minimum Gasteiger partial charge on any atom is -0.507 e. The number of aromatic carboxylic acids is 1. The average molecular weight is 1160 g/mol. The number of phenolic OH excluding ortho intramolecular Hbond substituents is 1. The Bertz CT molecular complexity index is 3290. The van der Waals surface area contributed by atoms with Gasteiger partial charge in [-0.15, -0.1) is 0 Å². The van der Waals surface area contributed by atoms with Crippen LogP contribution in [0.1, 0.15) is 133 Å². The number of carboxylic acid groups (broad SMARTS) is 1. The number of nitrogens with one attached hydrogen (secondary N) is 2. The van der Waals surface area contributed by atoms with Crippen molar-refractivity contribution in [2.45, 2.75) is 135 Å². The van der Waals surface area contributed by atoms with Gasteiger partial charge in [-0.2, -0.15) is 0 Å². The van der Waals surface area contributed by atoms with Crippen LogP contribution in [-0.4, -0.2) is 154 Å². The number of aromatic hydroxyl groups is 1. The van der Waals surface area contributed by atoms with E-state index >= 15 is 14.0 Å². The Kier molecular flexibility index (Phi) is 17.3. The van der Waals surface area contributed by atoms with E-state index in [4.69, 9.17) is 36.3 Å². The van der Waals surface area contributed by atoms with Gasteiger partial charge in [-0.1, -0.05) is 50.6 Å². The van der Waals surface area contributed by atoms with Crippen molar-refractivity contribution in [3.8, 4) is 11.5 Å². The zero-order valence-corrected chi connectivity index (χ0v) is 47.9. The van der Waals surface area contributed by atoms with Crippen molar-refractivity contribution in [3.05, 3.63) is 96.3 Å². The molecule has 82 heavy (non-hydrogen) atoms. The number of carbonyl (C=O) groups excluding carboxylic acids is 5. The topological polar surface area (TPSA) is 299 Å². The highest BCUT2D eigenvalue weighted by molar-refractivity contribution is 6.38. The number of aliphatic hydroxyl groups is 2. The summed E-state index contributed by atoms with van der Waals surface area (Å²) in [5, 5.41) is 50.7. The van der Waals surface area contributed by atoms with Crippen molar-refractivity contribution in [3.63, 3.8) is 0 Å². The maximum atomic E-state index is 16.0. The summed E-state index contributed by atoms with van der Waals surface area (Å²) in [5.74, 6) is -11.0. The summed E-state index contributed by atoms with van der Waals surface area (Å²) < 4.78 is 41.7. The van der Waals surface area contributed by atoms with E-state index < -0.39 is 129 Å². The van der Waals surface area contributed by atoms with E-state index in [2.05, 4.69) is 10.6 Å². The molecule has 7 aliphatic rings. The number of hydrogen-bond donors (Lipinski definition) is 7. The number of ether oxygens (including phenoxy) is 4. The van der Waals surface area contributed by atoms with Crippen LogP contribution in [-0.2, 0) is 23.8 Å². The molecule has 2 saturated heterocycles. The average Bonchev–Trinajstić information content (AvgIpc) is 1.70. The fraction of sp³-hybridized carbons (Fsp3) is 0.542. The Labute approximate surface area is 478 Å². The first-order valence-electron chi connectivity index (χ1n) is 27.9. The maximum absolute atomic E-state index is 16.0. The lowest BCUT2D eigenvalue weighted by Crippen LogP contribution is -2.54. The van der Waals surface area contributed by atoms with E-state index in [1.165, 1.54) is 53.2 Å². The lowest BCUT2D eigenvalue weighted by atomic mass is 9.80. The molecule has 442 valence electrons. The third-order valence-corrected chi connectivity index (χ3v) is 17.8. The standard InChI is InChI=1S/C59H72ClFN6O15/c1-26-10-9-11-27(2)57(76)64-44-47(65-19-15-33(16-20-65)63-23-32-14-18-66(24-32)46-37(61)22-35-45(42(46)60)67(34-12-13-34)25-36(51(35)72)58(77)78)53(74)39-40(52(44)73)49(70)29(4)55-41(39)56(75)59(7,82-55)80-21-17-38(79-8)28(3)54(81-31(6)68)30(5)50(71)43(62)48(26)69/h9-11,22,25-26,28,30,32-34,38,43,48,50,54,63,69-71H,12-21,23-24,62H2,1-8H3,(H,64,76)(H,77,78)/b10-9+,27-11-/t26-,28+,30+,32?,38-,43+,48-,50-,54+,59-/m0/s1.